The fraction of sp³-hybridized carbons (Fsp3) is 0.900. The number of carboxylic acid groups (broad SMARTS) is 1. The van der Waals surface area contributed by atoms with Gasteiger partial charge in [0.1, 0.15) is 0 Å². The molecule has 0 amide bonds. The van der Waals surface area contributed by atoms with E-state index in [4.69, 9.17) is 4.74 Å². The van der Waals surface area contributed by atoms with Crippen molar-refractivity contribution < 1.29 is 19.4 Å². The lowest BCUT2D eigenvalue weighted by Crippen LogP contribution is -2.44. The highest BCUT2D eigenvalue weighted by molar-refractivity contribution is 5.99. The van der Waals surface area contributed by atoms with Crippen LogP contribution in [0.1, 0.15) is 87.0 Å². The maximum Gasteiger partial charge on any atom is 0.323 e. The zero-order valence-electron chi connectivity index (χ0n) is 16.7. The van der Waals surface area contributed by atoms with Crippen molar-refractivity contribution in [3.05, 3.63) is 0 Å². The van der Waals surface area contributed by atoms with Crippen LogP contribution in [0.15, 0.2) is 0 Å². The lowest BCUT2D eigenvalue weighted by Gasteiger charge is -2.31. The first-order valence-corrected chi connectivity index (χ1v) is 9.45. The van der Waals surface area contributed by atoms with Crippen molar-refractivity contribution in [2.75, 3.05) is 0 Å². The van der Waals surface area contributed by atoms with Crippen LogP contribution in [0.2, 0.25) is 0 Å². The Balaban J connectivity index is 4.88. The van der Waals surface area contributed by atoms with Gasteiger partial charge in [0.2, 0.25) is 0 Å². The van der Waals surface area contributed by atoms with E-state index >= 15 is 0 Å². The zero-order valence-corrected chi connectivity index (χ0v) is 16.7. The topological polar surface area (TPSA) is 63.6 Å². The van der Waals surface area contributed by atoms with Crippen LogP contribution >= 0.6 is 0 Å². The third-order valence-corrected chi connectivity index (χ3v) is 4.26. The number of hydrogen-bond acceptors (Lipinski definition) is 3. The fourth-order valence-corrected chi connectivity index (χ4v) is 3.24. The second-order valence-electron chi connectivity index (χ2n) is 8.48. The molecule has 142 valence electrons. The molecule has 0 fully saturated rings. The molecule has 1 N–H and O–H groups in total. The van der Waals surface area contributed by atoms with Crippen LogP contribution in [-0.4, -0.2) is 23.1 Å². The van der Waals surface area contributed by atoms with E-state index in [-0.39, 0.29) is 17.9 Å². The Morgan fingerprint density at radius 3 is 1.67 bits per heavy atom. The third-order valence-electron chi connectivity index (χ3n) is 4.26. The van der Waals surface area contributed by atoms with Gasteiger partial charge in [0.05, 0.1) is 6.10 Å². The molecule has 1 atom stereocenters. The van der Waals surface area contributed by atoms with Crippen LogP contribution in [0.25, 0.3) is 0 Å². The molecule has 4 heteroatoms. The molecular weight excluding hydrogens is 304 g/mol. The first-order valence-electron chi connectivity index (χ1n) is 9.45. The van der Waals surface area contributed by atoms with Crippen molar-refractivity contribution in [2.45, 2.75) is 93.1 Å². The van der Waals surface area contributed by atoms with Crippen LogP contribution < -0.4 is 0 Å². The first kappa shape index (κ1) is 22.9. The van der Waals surface area contributed by atoms with Crippen molar-refractivity contribution in [1.82, 2.24) is 0 Å². The lowest BCUT2D eigenvalue weighted by atomic mass is 9.74. The summed E-state index contributed by atoms with van der Waals surface area (Å²) >= 11 is 0. The molecule has 4 nitrogen and oxygen atoms in total. The highest BCUT2D eigenvalue weighted by Crippen LogP contribution is 2.36. The lowest BCUT2D eigenvalue weighted by molar-refractivity contribution is -0.175. The summed E-state index contributed by atoms with van der Waals surface area (Å²) in [4.78, 5) is 24.7. The van der Waals surface area contributed by atoms with E-state index in [1.54, 1.807) is 0 Å². The number of hydrogen-bond donors (Lipinski definition) is 1. The van der Waals surface area contributed by atoms with Gasteiger partial charge in [0.15, 0.2) is 5.41 Å². The van der Waals surface area contributed by atoms with E-state index in [0.29, 0.717) is 18.8 Å². The summed E-state index contributed by atoms with van der Waals surface area (Å²) in [7, 11) is 0. The van der Waals surface area contributed by atoms with Crippen molar-refractivity contribution in [2.24, 2.45) is 23.2 Å². The van der Waals surface area contributed by atoms with Crippen LogP contribution in [-0.2, 0) is 14.3 Å². The van der Waals surface area contributed by atoms with Gasteiger partial charge in [-0.25, -0.2) is 0 Å². The minimum absolute atomic E-state index is 0.119. The Kier molecular flexibility index (Phi) is 10.3. The molecule has 24 heavy (non-hydrogen) atoms. The summed E-state index contributed by atoms with van der Waals surface area (Å²) in [5.74, 6) is -0.697. The van der Waals surface area contributed by atoms with Crippen molar-refractivity contribution >= 4 is 11.9 Å². The SMILES string of the molecule is CC(C)CCCCC(C)OC(=O)C(CC(C)C)(CC(C)C)C(=O)O. The standard InChI is InChI=1S/C20H38O4/c1-14(2)10-8-9-11-17(7)24-19(23)20(18(21)22,12-15(3)4)13-16(5)6/h14-17H,8-13H2,1-7H3,(H,21,22). The number of carboxylic acids is 1. The summed E-state index contributed by atoms with van der Waals surface area (Å²) in [6, 6.07) is 0. The molecule has 1 unspecified atom stereocenters. The summed E-state index contributed by atoms with van der Waals surface area (Å²) in [6.45, 7) is 14.0. The number of aliphatic carboxylic acids is 1. The van der Waals surface area contributed by atoms with Gasteiger partial charge in [-0.2, -0.15) is 0 Å². The number of esters is 1. The molecule has 0 heterocycles. The van der Waals surface area contributed by atoms with Gasteiger partial charge >= 0.3 is 11.9 Å². The second-order valence-corrected chi connectivity index (χ2v) is 8.48. The fourth-order valence-electron chi connectivity index (χ4n) is 3.24. The second kappa shape index (κ2) is 10.7. The number of carbonyl (C=O) groups is 2. The van der Waals surface area contributed by atoms with Gasteiger partial charge in [0.25, 0.3) is 0 Å². The highest BCUT2D eigenvalue weighted by Gasteiger charge is 2.48. The van der Waals surface area contributed by atoms with Gasteiger partial charge in [-0.3, -0.25) is 9.59 Å². The van der Waals surface area contributed by atoms with Crippen LogP contribution in [0, 0.1) is 23.2 Å². The van der Waals surface area contributed by atoms with Gasteiger partial charge < -0.3 is 9.84 Å². The van der Waals surface area contributed by atoms with Gasteiger partial charge in [-0.15, -0.1) is 0 Å². The molecule has 0 aliphatic rings. The summed E-state index contributed by atoms with van der Waals surface area (Å²) < 4.78 is 5.57. The number of rotatable bonds is 12. The van der Waals surface area contributed by atoms with Crippen molar-refractivity contribution in [3.8, 4) is 0 Å². The van der Waals surface area contributed by atoms with Crippen molar-refractivity contribution in [1.29, 1.82) is 0 Å². The van der Waals surface area contributed by atoms with E-state index in [1.807, 2.05) is 34.6 Å². The molecule has 0 radical (unpaired) electrons. The highest BCUT2D eigenvalue weighted by atomic mass is 16.5. The van der Waals surface area contributed by atoms with Crippen molar-refractivity contribution in [3.63, 3.8) is 0 Å². The molecule has 0 aromatic heterocycles. The van der Waals surface area contributed by atoms with E-state index in [1.165, 1.54) is 6.42 Å². The normalized spacial score (nSPS) is 13.6. The Morgan fingerprint density at radius 1 is 0.833 bits per heavy atom. The molecule has 0 aliphatic heterocycles. The number of unbranched alkanes of at least 4 members (excludes halogenated alkanes) is 1. The monoisotopic (exact) mass is 342 g/mol. The Morgan fingerprint density at radius 2 is 1.29 bits per heavy atom. The summed E-state index contributed by atoms with van der Waals surface area (Å²) in [6.07, 6.45) is 4.47. The molecule has 0 rings (SSSR count). The maximum absolute atomic E-state index is 12.7. The molecule has 0 saturated heterocycles. The van der Waals surface area contributed by atoms with Gasteiger partial charge in [0, 0.05) is 0 Å². The molecule has 0 saturated carbocycles. The average Bonchev–Trinajstić information content (AvgIpc) is 2.41. The van der Waals surface area contributed by atoms with Gasteiger partial charge in [-0.05, 0) is 50.4 Å². The molecule has 0 bridgehead atoms. The van der Waals surface area contributed by atoms with E-state index in [0.717, 1.165) is 19.3 Å². The van der Waals surface area contributed by atoms with Crippen LogP contribution in [0.3, 0.4) is 0 Å². The van der Waals surface area contributed by atoms with E-state index in [2.05, 4.69) is 13.8 Å². The summed E-state index contributed by atoms with van der Waals surface area (Å²) in [5, 5.41) is 9.78. The van der Waals surface area contributed by atoms with Crippen LogP contribution in [0.4, 0.5) is 0 Å². The predicted octanol–water partition coefficient (Wildman–Crippen LogP) is 5.30. The molecule has 0 aromatic rings. The largest absolute Gasteiger partial charge is 0.480 e. The zero-order chi connectivity index (χ0) is 18.9. The quantitative estimate of drug-likeness (QED) is 0.297. The molecular formula is C20H38O4. The minimum Gasteiger partial charge on any atom is -0.480 e. The van der Waals surface area contributed by atoms with Crippen LogP contribution in [0.5, 0.6) is 0 Å². The molecule has 0 spiro atoms. The summed E-state index contributed by atoms with van der Waals surface area (Å²) in [5.41, 5.74) is -1.42. The Hall–Kier alpha value is -1.06. The number of ether oxygens (including phenoxy) is 1. The van der Waals surface area contributed by atoms with Gasteiger partial charge in [-0.1, -0.05) is 54.4 Å². The Labute approximate surface area is 148 Å². The Bertz CT molecular complexity index is 375. The maximum atomic E-state index is 12.7. The average molecular weight is 343 g/mol. The predicted molar refractivity (Wildman–Crippen MR) is 97.8 cm³/mol. The third kappa shape index (κ3) is 8.16. The van der Waals surface area contributed by atoms with E-state index in [9.17, 15) is 14.7 Å². The molecule has 0 aliphatic carbocycles. The number of carbonyl (C=O) groups excluding carboxylic acids is 1. The van der Waals surface area contributed by atoms with E-state index < -0.39 is 17.4 Å². The first-order chi connectivity index (χ1) is 11.0. The molecule has 0 aromatic carbocycles. The smallest absolute Gasteiger partial charge is 0.323 e. The minimum atomic E-state index is -1.42.